The molecule has 24 nitrogen and oxygen atoms in total. The highest BCUT2D eigenvalue weighted by atomic mass is 16.8. The minimum Gasteiger partial charge on any atom is -0.388 e. The van der Waals surface area contributed by atoms with Crippen LogP contribution in [0.3, 0.4) is 0 Å². The van der Waals surface area contributed by atoms with E-state index < -0.39 is 147 Å². The average molecular weight is 1730 g/mol. The van der Waals surface area contributed by atoms with Gasteiger partial charge >= 0.3 is 0 Å². The number of hydrogen-bond acceptors (Lipinski definition) is 22. The lowest BCUT2D eigenvalue weighted by atomic mass is 9.79. The van der Waals surface area contributed by atoms with Crippen LogP contribution in [0.5, 0.6) is 0 Å². The third-order valence-corrected chi connectivity index (χ3v) is 27.9. The maximum Gasteiger partial charge on any atom is 0.185 e. The third-order valence-electron chi connectivity index (χ3n) is 27.9. The summed E-state index contributed by atoms with van der Waals surface area (Å²) in [5.41, 5.74) is 17.0. The summed E-state index contributed by atoms with van der Waals surface area (Å²) in [4.78, 5) is 3.55. The van der Waals surface area contributed by atoms with E-state index in [1.165, 1.54) is 0 Å². The van der Waals surface area contributed by atoms with Crippen molar-refractivity contribution in [2.45, 2.75) is 291 Å². The molecule has 14 unspecified atom stereocenters. The zero-order valence-corrected chi connectivity index (χ0v) is 75.7. The standard InChI is InChI=1S/C101H139N3O21/c1-16-49-110-95-72(15)90(123-99-91(67(10)64(7)79(17-2)114-99)111-54-77-45-33-23-34-46-77)94(85(119-95)60-113-98-87(105)66(9)63(6)82(117-98)57-107-51-74-39-27-20-28-40-74)125-101-93(68(11)65(8)83(118-101)58-108-52-75-41-29-21-30-42-75)124-97-86(103-104-102)70(13)88(80(18-3)115-97)122-100-92(112-55-78-47-35-24-36-48-78)71(14)89(84(120-100)59-109-53-76-43-31-22-32-44-76)121-96-69(12)61(4)62(5)81(116-96)56-106-50-73-37-25-19-26-38-73/h16,19-48,61-72,79-101,105H,1,17-18,49-60H2,2-15H3/t61-,62+,63-,64-,65-,66-,67-,68-,69?,70+,71-,72?,79?,80?,81?,82?,83?,84?,85?,86?,87?,88-,89+,90+,91?,92?,93?,94+,95-,96+,97-,98+,99-,100-,101-/m0/s1. The Hall–Kier alpha value is -6.47. The smallest absolute Gasteiger partial charge is 0.185 e. The van der Waals surface area contributed by atoms with E-state index in [9.17, 15) is 10.6 Å². The minimum atomic E-state index is -1.25. The lowest BCUT2D eigenvalue weighted by Crippen LogP contribution is -2.64. The van der Waals surface area contributed by atoms with Crippen molar-refractivity contribution in [3.05, 3.63) is 238 Å². The van der Waals surface area contributed by atoms with E-state index >= 15 is 0 Å². The van der Waals surface area contributed by atoms with Gasteiger partial charge in [-0.25, -0.2) is 0 Å². The Morgan fingerprint density at radius 3 is 1.13 bits per heavy atom. The van der Waals surface area contributed by atoms with Crippen molar-refractivity contribution in [1.82, 2.24) is 0 Å². The summed E-state index contributed by atoms with van der Waals surface area (Å²) in [6.45, 7) is 36.7. The number of aliphatic hydroxyl groups is 1. The lowest BCUT2D eigenvalue weighted by molar-refractivity contribution is -0.391. The van der Waals surface area contributed by atoms with Crippen molar-refractivity contribution in [2.75, 3.05) is 39.6 Å². The molecule has 0 spiro atoms. The summed E-state index contributed by atoms with van der Waals surface area (Å²) < 4.78 is 142. The van der Waals surface area contributed by atoms with Crippen molar-refractivity contribution in [3.8, 4) is 0 Å². The molecule has 13 rings (SSSR count). The Kier molecular flexibility index (Phi) is 36.4. The van der Waals surface area contributed by atoms with E-state index in [0.29, 0.717) is 52.5 Å². The minimum absolute atomic E-state index is 0.0140. The van der Waals surface area contributed by atoms with Crippen LogP contribution in [0, 0.1) is 71.0 Å². The van der Waals surface area contributed by atoms with Gasteiger partial charge in [0.2, 0.25) is 0 Å². The van der Waals surface area contributed by atoms with Gasteiger partial charge in [-0.15, -0.1) is 6.58 Å². The topological polar surface area (TPSA) is 254 Å². The van der Waals surface area contributed by atoms with E-state index in [1.54, 1.807) is 6.08 Å². The molecule has 6 aromatic rings. The van der Waals surface area contributed by atoms with Gasteiger partial charge in [-0.3, -0.25) is 0 Å². The summed E-state index contributed by atoms with van der Waals surface area (Å²) in [6, 6.07) is 59.4. The Labute approximate surface area is 741 Å². The van der Waals surface area contributed by atoms with Crippen LogP contribution in [0.1, 0.15) is 143 Å². The summed E-state index contributed by atoms with van der Waals surface area (Å²) >= 11 is 0. The molecular weight excluding hydrogens is 1590 g/mol. The van der Waals surface area contributed by atoms with Crippen LogP contribution in [0.25, 0.3) is 10.4 Å². The maximum absolute atomic E-state index is 12.3. The summed E-state index contributed by atoms with van der Waals surface area (Å²) in [7, 11) is 0. The molecule has 7 aliphatic rings. The van der Waals surface area contributed by atoms with Gasteiger partial charge in [0.25, 0.3) is 0 Å². The first-order chi connectivity index (χ1) is 60.7. The van der Waals surface area contributed by atoms with E-state index in [4.69, 9.17) is 94.7 Å². The maximum atomic E-state index is 12.3. The van der Waals surface area contributed by atoms with Gasteiger partial charge in [0.15, 0.2) is 44.0 Å². The predicted octanol–water partition coefficient (Wildman–Crippen LogP) is 17.7. The van der Waals surface area contributed by atoms with Gasteiger partial charge in [-0.1, -0.05) is 290 Å². The molecule has 125 heavy (non-hydrogen) atoms. The molecule has 0 saturated carbocycles. The number of ether oxygens (including phenoxy) is 20. The van der Waals surface area contributed by atoms with Crippen molar-refractivity contribution >= 4 is 0 Å². The fourth-order valence-electron chi connectivity index (χ4n) is 18.9. The molecule has 7 aliphatic heterocycles. The van der Waals surface area contributed by atoms with Gasteiger partial charge in [0.05, 0.1) is 134 Å². The molecule has 0 radical (unpaired) electrons. The monoisotopic (exact) mass is 1730 g/mol. The fraction of sp³-hybridized carbons (Fsp3) is 0.624. The molecule has 0 amide bonds. The van der Waals surface area contributed by atoms with Crippen molar-refractivity contribution in [1.29, 1.82) is 0 Å². The molecule has 0 bridgehead atoms. The van der Waals surface area contributed by atoms with Crippen LogP contribution < -0.4 is 0 Å². The third kappa shape index (κ3) is 24.8. The molecule has 6 aromatic carbocycles. The van der Waals surface area contributed by atoms with Gasteiger partial charge in [-0.2, -0.15) is 0 Å². The Balaban J connectivity index is 0.826. The normalized spacial score (nSPS) is 37.5. The number of azide groups is 1. The van der Waals surface area contributed by atoms with E-state index in [0.717, 1.165) is 33.4 Å². The first kappa shape index (κ1) is 96.1. The summed E-state index contributed by atoms with van der Waals surface area (Å²) in [6.07, 6.45) is -14.9. The van der Waals surface area contributed by atoms with Crippen molar-refractivity contribution < 1.29 is 99.8 Å². The van der Waals surface area contributed by atoms with Crippen LogP contribution in [-0.4, -0.2) is 186 Å². The van der Waals surface area contributed by atoms with Crippen LogP contribution in [-0.2, 0) is 134 Å². The highest BCUT2D eigenvalue weighted by Crippen LogP contribution is 2.47. The van der Waals surface area contributed by atoms with Crippen LogP contribution in [0.15, 0.2) is 200 Å². The zero-order valence-electron chi connectivity index (χ0n) is 75.7. The highest BCUT2D eigenvalue weighted by molar-refractivity contribution is 5.18. The first-order valence-electron chi connectivity index (χ1n) is 45.9. The van der Waals surface area contributed by atoms with Crippen LogP contribution in [0.2, 0.25) is 0 Å². The SMILES string of the molecule is C=CCO[C@H]1OC(CO[C@@H]2OC(COCc3ccccc3)[C@@H](C)[C@H](C)C2O)[C@@H](O[C@@H]2OC(COCc3ccccc3)[C@@H](C)[C@H](C)C2O[C@@H]2OC(CC)[C@@H](O[C@@H]3OC(COCc4ccccc4)[C@H](O[C@H]4OC(COCc5ccccc5)[C@H](C)[C@H](C)C4C)[C@H](C)C3OCc3ccccc3)[C@H](C)C2N=[N+]=[N-])[C@H](O[C@@H]2OC(CC)[C@@H](C)[C@H](C)C2OCc2ccccc2)C1C. The quantitative estimate of drug-likeness (QED) is 0.0162. The molecule has 7 fully saturated rings. The number of benzene rings is 6. The van der Waals surface area contributed by atoms with E-state index in [2.05, 4.69) is 98.0 Å². The highest BCUT2D eigenvalue weighted by Gasteiger charge is 2.58. The largest absolute Gasteiger partial charge is 0.388 e. The number of aliphatic hydroxyl groups excluding tert-OH is 1. The van der Waals surface area contributed by atoms with Crippen molar-refractivity contribution in [3.63, 3.8) is 0 Å². The molecule has 684 valence electrons. The molecular formula is C101H139N3O21. The summed E-state index contributed by atoms with van der Waals surface area (Å²) in [5.74, 6) is -2.13. The van der Waals surface area contributed by atoms with E-state index in [1.807, 2.05) is 198 Å². The van der Waals surface area contributed by atoms with Gasteiger partial charge in [0.1, 0.15) is 42.7 Å². The Morgan fingerprint density at radius 2 is 0.648 bits per heavy atom. The second kappa shape index (κ2) is 47.4. The molecule has 7 saturated heterocycles. The van der Waals surface area contributed by atoms with Gasteiger partial charge in [-0.05, 0) is 105 Å². The van der Waals surface area contributed by atoms with Crippen LogP contribution in [0.4, 0.5) is 0 Å². The second-order valence-corrected chi connectivity index (χ2v) is 36.1. The van der Waals surface area contributed by atoms with Crippen molar-refractivity contribution in [2.24, 2.45) is 76.1 Å². The molecule has 1 N–H and O–H groups in total. The van der Waals surface area contributed by atoms with Gasteiger partial charge in [0, 0.05) is 22.7 Å². The lowest BCUT2D eigenvalue weighted by Gasteiger charge is -2.53. The number of hydrogen-bond donors (Lipinski definition) is 1. The molecule has 7 heterocycles. The Morgan fingerprint density at radius 1 is 0.304 bits per heavy atom. The molecule has 0 aromatic heterocycles. The molecule has 0 aliphatic carbocycles. The molecule has 24 heteroatoms. The average Bonchev–Trinajstić information content (AvgIpc) is 0.760. The number of nitrogens with zero attached hydrogens (tertiary/aromatic N) is 3. The molecule has 35 atom stereocenters. The fourth-order valence-corrected chi connectivity index (χ4v) is 18.9. The number of rotatable bonds is 41. The first-order valence-corrected chi connectivity index (χ1v) is 45.9. The summed E-state index contributed by atoms with van der Waals surface area (Å²) in [5, 5.41) is 16.9. The van der Waals surface area contributed by atoms with Gasteiger partial charge < -0.3 is 99.8 Å². The second-order valence-electron chi connectivity index (χ2n) is 36.1. The van der Waals surface area contributed by atoms with Crippen LogP contribution >= 0.6 is 0 Å². The predicted molar refractivity (Wildman–Crippen MR) is 471 cm³/mol. The zero-order chi connectivity index (χ0) is 88.0. The van der Waals surface area contributed by atoms with E-state index in [-0.39, 0.29) is 105 Å². The Bertz CT molecular complexity index is 4130.